The molecule has 0 aliphatic heterocycles. The Morgan fingerprint density at radius 3 is 2.71 bits per heavy atom. The quantitative estimate of drug-likeness (QED) is 0.589. The number of benzene rings is 2. The van der Waals surface area contributed by atoms with E-state index in [1.165, 1.54) is 0 Å². The van der Waals surface area contributed by atoms with Crippen LogP contribution < -0.4 is 4.74 Å². The summed E-state index contributed by atoms with van der Waals surface area (Å²) in [5.41, 5.74) is 2.32. The largest absolute Gasteiger partial charge is 0.496 e. The molecule has 0 N–H and O–H groups in total. The first-order valence-corrected chi connectivity index (χ1v) is 6.80. The smallest absolute Gasteiger partial charge is 0.126 e. The molecular formula is C18H14ClNO. The van der Waals surface area contributed by atoms with Gasteiger partial charge in [-0.25, -0.2) is 0 Å². The third kappa shape index (κ3) is 3.98. The molecule has 0 aromatic heterocycles. The van der Waals surface area contributed by atoms with E-state index in [1.54, 1.807) is 25.3 Å². The number of hydrogen-bond donors (Lipinski definition) is 0. The minimum absolute atomic E-state index is 0.559. The maximum Gasteiger partial charge on any atom is 0.126 e. The van der Waals surface area contributed by atoms with Gasteiger partial charge in [-0.2, -0.15) is 5.26 Å². The standard InChI is InChI=1S/C18H14ClNO/c1-21-18-11-3-2-6-14(18)7-4-9-16(13-20)15-8-5-10-17(19)12-15/h2-12H,1H3/b7-4+,16-9-. The van der Waals surface area contributed by atoms with E-state index in [0.717, 1.165) is 16.9 Å². The molecule has 0 radical (unpaired) electrons. The summed E-state index contributed by atoms with van der Waals surface area (Å²) >= 11 is 5.94. The van der Waals surface area contributed by atoms with Gasteiger partial charge in [0.25, 0.3) is 0 Å². The summed E-state index contributed by atoms with van der Waals surface area (Å²) < 4.78 is 5.28. The number of nitrogens with zero attached hydrogens (tertiary/aromatic N) is 1. The fourth-order valence-electron chi connectivity index (χ4n) is 1.91. The van der Waals surface area contributed by atoms with Gasteiger partial charge < -0.3 is 4.74 Å². The Bertz CT molecular complexity index is 726. The lowest BCUT2D eigenvalue weighted by Crippen LogP contribution is -1.85. The van der Waals surface area contributed by atoms with Crippen LogP contribution in [0.2, 0.25) is 5.02 Å². The van der Waals surface area contributed by atoms with E-state index in [2.05, 4.69) is 6.07 Å². The highest BCUT2D eigenvalue weighted by Crippen LogP contribution is 2.21. The lowest BCUT2D eigenvalue weighted by Gasteiger charge is -2.02. The van der Waals surface area contributed by atoms with Gasteiger partial charge in [0, 0.05) is 10.6 Å². The van der Waals surface area contributed by atoms with Crippen molar-refractivity contribution in [2.45, 2.75) is 0 Å². The predicted octanol–water partition coefficient (Wildman–Crippen LogP) is 4.97. The van der Waals surface area contributed by atoms with Crippen LogP contribution in [-0.2, 0) is 0 Å². The molecule has 0 aliphatic rings. The molecule has 2 rings (SSSR count). The highest BCUT2D eigenvalue weighted by molar-refractivity contribution is 6.30. The normalized spacial score (nSPS) is 11.4. The minimum Gasteiger partial charge on any atom is -0.496 e. The van der Waals surface area contributed by atoms with Crippen molar-refractivity contribution in [1.82, 2.24) is 0 Å². The van der Waals surface area contributed by atoms with Crippen molar-refractivity contribution >= 4 is 23.3 Å². The number of methoxy groups -OCH3 is 1. The molecular weight excluding hydrogens is 282 g/mol. The predicted molar refractivity (Wildman–Crippen MR) is 87.1 cm³/mol. The van der Waals surface area contributed by atoms with Crippen molar-refractivity contribution in [1.29, 1.82) is 5.26 Å². The highest BCUT2D eigenvalue weighted by atomic mass is 35.5. The zero-order valence-electron chi connectivity index (χ0n) is 11.6. The van der Waals surface area contributed by atoms with Gasteiger partial charge in [0.1, 0.15) is 5.75 Å². The summed E-state index contributed by atoms with van der Waals surface area (Å²) in [4.78, 5) is 0. The number of nitriles is 1. The number of allylic oxidation sites excluding steroid dienone is 3. The molecule has 0 saturated carbocycles. The Kier molecular flexibility index (Phi) is 5.20. The summed E-state index contributed by atoms with van der Waals surface area (Å²) in [6.45, 7) is 0. The summed E-state index contributed by atoms with van der Waals surface area (Å²) in [6.07, 6.45) is 5.50. The van der Waals surface area contributed by atoms with Crippen molar-refractivity contribution < 1.29 is 4.74 Å². The fraction of sp³-hybridized carbons (Fsp3) is 0.0556. The lowest BCUT2D eigenvalue weighted by molar-refractivity contribution is 0.414. The van der Waals surface area contributed by atoms with Crippen molar-refractivity contribution in [2.75, 3.05) is 7.11 Å². The van der Waals surface area contributed by atoms with Crippen LogP contribution >= 0.6 is 11.6 Å². The van der Waals surface area contributed by atoms with Crippen LogP contribution in [0.3, 0.4) is 0 Å². The topological polar surface area (TPSA) is 33.0 Å². The van der Waals surface area contributed by atoms with Crippen molar-refractivity contribution in [2.24, 2.45) is 0 Å². The molecule has 3 heteroatoms. The molecule has 0 amide bonds. The fourth-order valence-corrected chi connectivity index (χ4v) is 2.10. The maximum atomic E-state index is 9.25. The third-order valence-electron chi connectivity index (χ3n) is 2.93. The first-order valence-electron chi connectivity index (χ1n) is 6.42. The number of rotatable bonds is 4. The molecule has 0 spiro atoms. The van der Waals surface area contributed by atoms with E-state index in [4.69, 9.17) is 16.3 Å². The molecule has 0 unspecified atom stereocenters. The monoisotopic (exact) mass is 295 g/mol. The average molecular weight is 296 g/mol. The molecule has 2 nitrogen and oxygen atoms in total. The van der Waals surface area contributed by atoms with Gasteiger partial charge in [-0.05, 0) is 29.8 Å². The number of ether oxygens (including phenoxy) is 1. The Morgan fingerprint density at radius 1 is 1.19 bits per heavy atom. The van der Waals surface area contributed by atoms with E-state index in [9.17, 15) is 5.26 Å². The first kappa shape index (κ1) is 14.9. The van der Waals surface area contributed by atoms with Gasteiger partial charge in [-0.15, -0.1) is 0 Å². The van der Waals surface area contributed by atoms with E-state index in [-0.39, 0.29) is 0 Å². The second-order valence-electron chi connectivity index (χ2n) is 4.30. The average Bonchev–Trinajstić information content (AvgIpc) is 2.52. The van der Waals surface area contributed by atoms with Gasteiger partial charge in [0.15, 0.2) is 0 Å². The first-order chi connectivity index (χ1) is 10.2. The Morgan fingerprint density at radius 2 is 2.00 bits per heavy atom. The van der Waals surface area contributed by atoms with Gasteiger partial charge in [0.2, 0.25) is 0 Å². The summed E-state index contributed by atoms with van der Waals surface area (Å²) in [5.74, 6) is 0.795. The summed E-state index contributed by atoms with van der Waals surface area (Å²) in [7, 11) is 1.63. The Balaban J connectivity index is 2.26. The summed E-state index contributed by atoms with van der Waals surface area (Å²) in [5, 5.41) is 9.86. The Labute approximate surface area is 129 Å². The number of halogens is 1. The number of para-hydroxylation sites is 1. The molecule has 0 aliphatic carbocycles. The maximum absolute atomic E-state index is 9.25. The third-order valence-corrected chi connectivity index (χ3v) is 3.17. The highest BCUT2D eigenvalue weighted by Gasteiger charge is 2.00. The minimum atomic E-state index is 0.559. The second kappa shape index (κ2) is 7.33. The zero-order valence-corrected chi connectivity index (χ0v) is 12.3. The van der Waals surface area contributed by atoms with Gasteiger partial charge >= 0.3 is 0 Å². The second-order valence-corrected chi connectivity index (χ2v) is 4.74. The number of hydrogen-bond acceptors (Lipinski definition) is 2. The van der Waals surface area contributed by atoms with Crippen LogP contribution in [0.5, 0.6) is 5.75 Å². The SMILES string of the molecule is COc1ccccc1/C=C/C=C(/C#N)c1cccc(Cl)c1. The Hall–Kier alpha value is -2.50. The molecule has 2 aromatic rings. The molecule has 0 heterocycles. The van der Waals surface area contributed by atoms with Crippen LogP contribution in [0.1, 0.15) is 11.1 Å². The molecule has 104 valence electrons. The van der Waals surface area contributed by atoms with E-state index in [0.29, 0.717) is 10.6 Å². The van der Waals surface area contributed by atoms with Crippen molar-refractivity contribution in [3.8, 4) is 11.8 Å². The molecule has 0 fully saturated rings. The van der Waals surface area contributed by atoms with E-state index in [1.807, 2.05) is 48.6 Å². The van der Waals surface area contributed by atoms with Crippen LogP contribution in [0.15, 0.2) is 60.7 Å². The molecule has 0 saturated heterocycles. The van der Waals surface area contributed by atoms with Gasteiger partial charge in [-0.1, -0.05) is 54.1 Å². The summed E-state index contributed by atoms with van der Waals surface area (Å²) in [6, 6.07) is 17.1. The molecule has 2 aromatic carbocycles. The van der Waals surface area contributed by atoms with Crippen LogP contribution in [-0.4, -0.2) is 7.11 Å². The molecule has 0 bridgehead atoms. The van der Waals surface area contributed by atoms with Crippen LogP contribution in [0.4, 0.5) is 0 Å². The van der Waals surface area contributed by atoms with Gasteiger partial charge in [-0.3, -0.25) is 0 Å². The zero-order chi connectivity index (χ0) is 15.1. The van der Waals surface area contributed by atoms with Crippen LogP contribution in [0.25, 0.3) is 11.6 Å². The van der Waals surface area contributed by atoms with Gasteiger partial charge in [0.05, 0.1) is 18.8 Å². The van der Waals surface area contributed by atoms with E-state index >= 15 is 0 Å². The van der Waals surface area contributed by atoms with Crippen molar-refractivity contribution in [3.63, 3.8) is 0 Å². The molecule has 0 atom stereocenters. The van der Waals surface area contributed by atoms with E-state index < -0.39 is 0 Å². The molecule has 21 heavy (non-hydrogen) atoms. The lowest BCUT2D eigenvalue weighted by atomic mass is 10.1. The van der Waals surface area contributed by atoms with Crippen molar-refractivity contribution in [3.05, 3.63) is 76.8 Å². The van der Waals surface area contributed by atoms with Crippen LogP contribution in [0, 0.1) is 11.3 Å².